The summed E-state index contributed by atoms with van der Waals surface area (Å²) in [4.78, 5) is 13.9. The highest BCUT2D eigenvalue weighted by molar-refractivity contribution is 5.68. The van der Waals surface area contributed by atoms with E-state index in [1.54, 1.807) is 0 Å². The molecule has 1 aliphatic carbocycles. The predicted octanol–water partition coefficient (Wildman–Crippen LogP) is 3.33. The lowest BCUT2D eigenvalue weighted by molar-refractivity contribution is 0.0183. The Bertz CT molecular complexity index is 365. The van der Waals surface area contributed by atoms with E-state index in [0.717, 1.165) is 38.9 Å². The van der Waals surface area contributed by atoms with Crippen LogP contribution in [0.2, 0.25) is 0 Å². The molecule has 0 spiro atoms. The average molecular weight is 294 g/mol. The van der Waals surface area contributed by atoms with E-state index in [2.05, 4.69) is 17.5 Å². The van der Waals surface area contributed by atoms with Crippen molar-refractivity contribution in [2.45, 2.75) is 64.5 Å². The zero-order valence-corrected chi connectivity index (χ0v) is 13.7. The highest BCUT2D eigenvalue weighted by Crippen LogP contribution is 2.20. The number of hydrogen-bond donors (Lipinski definition) is 1. The van der Waals surface area contributed by atoms with Crippen molar-refractivity contribution in [1.29, 1.82) is 0 Å². The van der Waals surface area contributed by atoms with Gasteiger partial charge in [-0.05, 0) is 65.3 Å². The minimum atomic E-state index is -0.399. The summed E-state index contributed by atoms with van der Waals surface area (Å²) in [6, 6.07) is 0.652. The Morgan fingerprint density at radius 3 is 2.52 bits per heavy atom. The SMILES string of the molecule is CC(C)(C)OC(=O)N1CCC(CNC2CC=CCC2)CC1. The summed E-state index contributed by atoms with van der Waals surface area (Å²) in [7, 11) is 0. The number of nitrogens with one attached hydrogen (secondary N) is 1. The number of allylic oxidation sites excluding steroid dienone is 1. The Morgan fingerprint density at radius 2 is 1.95 bits per heavy atom. The molecule has 21 heavy (non-hydrogen) atoms. The van der Waals surface area contributed by atoms with Crippen molar-refractivity contribution in [3.8, 4) is 0 Å². The summed E-state index contributed by atoms with van der Waals surface area (Å²) in [5, 5.41) is 3.69. The van der Waals surface area contributed by atoms with Crippen molar-refractivity contribution < 1.29 is 9.53 Å². The molecule has 2 aliphatic rings. The number of amides is 1. The lowest BCUT2D eigenvalue weighted by Crippen LogP contribution is -2.44. The molecule has 1 amide bonds. The van der Waals surface area contributed by atoms with Crippen molar-refractivity contribution in [3.05, 3.63) is 12.2 Å². The van der Waals surface area contributed by atoms with Gasteiger partial charge in [0, 0.05) is 19.1 Å². The van der Waals surface area contributed by atoms with Gasteiger partial charge in [0.15, 0.2) is 0 Å². The first-order valence-corrected chi connectivity index (χ1v) is 8.30. The number of ether oxygens (including phenoxy) is 1. The third kappa shape index (κ3) is 5.70. The van der Waals surface area contributed by atoms with Gasteiger partial charge in [0.05, 0.1) is 0 Å². The number of hydrogen-bond acceptors (Lipinski definition) is 3. The molecule has 2 rings (SSSR count). The van der Waals surface area contributed by atoms with Gasteiger partial charge in [0.25, 0.3) is 0 Å². The molecule has 1 saturated heterocycles. The van der Waals surface area contributed by atoms with Crippen LogP contribution in [0.15, 0.2) is 12.2 Å². The number of likely N-dealkylation sites (tertiary alicyclic amines) is 1. The van der Waals surface area contributed by atoms with Gasteiger partial charge >= 0.3 is 6.09 Å². The van der Waals surface area contributed by atoms with E-state index in [0.29, 0.717) is 12.0 Å². The van der Waals surface area contributed by atoms with E-state index in [4.69, 9.17) is 4.74 Å². The maximum Gasteiger partial charge on any atom is 0.410 e. The van der Waals surface area contributed by atoms with E-state index in [-0.39, 0.29) is 6.09 Å². The molecule has 4 nitrogen and oxygen atoms in total. The summed E-state index contributed by atoms with van der Waals surface area (Å²) in [6.45, 7) is 8.49. The molecule has 0 radical (unpaired) electrons. The molecule has 1 N–H and O–H groups in total. The van der Waals surface area contributed by atoms with Crippen LogP contribution in [0.1, 0.15) is 52.9 Å². The van der Waals surface area contributed by atoms with Crippen LogP contribution in [-0.4, -0.2) is 42.3 Å². The Morgan fingerprint density at radius 1 is 1.24 bits per heavy atom. The summed E-state index contributed by atoms with van der Waals surface area (Å²) in [5.74, 6) is 0.689. The largest absolute Gasteiger partial charge is 0.444 e. The minimum absolute atomic E-state index is 0.161. The molecule has 120 valence electrons. The van der Waals surface area contributed by atoms with E-state index >= 15 is 0 Å². The molecule has 0 aromatic carbocycles. The van der Waals surface area contributed by atoms with Crippen LogP contribution in [-0.2, 0) is 4.74 Å². The van der Waals surface area contributed by atoms with Crippen molar-refractivity contribution in [3.63, 3.8) is 0 Å². The average Bonchev–Trinajstić information content (AvgIpc) is 2.45. The minimum Gasteiger partial charge on any atom is -0.444 e. The molecule has 1 atom stereocenters. The normalized spacial score (nSPS) is 24.1. The Hall–Kier alpha value is -1.03. The zero-order chi connectivity index (χ0) is 15.3. The van der Waals surface area contributed by atoms with Crippen molar-refractivity contribution in [2.75, 3.05) is 19.6 Å². The zero-order valence-electron chi connectivity index (χ0n) is 13.7. The molecular weight excluding hydrogens is 264 g/mol. The predicted molar refractivity (Wildman–Crippen MR) is 85.3 cm³/mol. The van der Waals surface area contributed by atoms with Crippen molar-refractivity contribution >= 4 is 6.09 Å². The fourth-order valence-corrected chi connectivity index (χ4v) is 2.96. The monoisotopic (exact) mass is 294 g/mol. The second-order valence-corrected chi connectivity index (χ2v) is 7.30. The van der Waals surface area contributed by atoms with Crippen LogP contribution in [0.25, 0.3) is 0 Å². The van der Waals surface area contributed by atoms with Crippen LogP contribution in [0.5, 0.6) is 0 Å². The first-order chi connectivity index (χ1) is 9.94. The third-order valence-corrected chi connectivity index (χ3v) is 4.23. The molecule has 0 aromatic rings. The molecule has 1 unspecified atom stereocenters. The highest BCUT2D eigenvalue weighted by Gasteiger charge is 2.27. The molecule has 1 fully saturated rings. The van der Waals surface area contributed by atoms with Gasteiger partial charge in [0.2, 0.25) is 0 Å². The van der Waals surface area contributed by atoms with Crippen molar-refractivity contribution in [2.24, 2.45) is 5.92 Å². The van der Waals surface area contributed by atoms with Gasteiger partial charge in [-0.2, -0.15) is 0 Å². The number of nitrogens with zero attached hydrogens (tertiary/aromatic N) is 1. The first kappa shape index (κ1) is 16.3. The van der Waals surface area contributed by atoms with Crippen LogP contribution < -0.4 is 5.32 Å². The molecule has 0 bridgehead atoms. The molecule has 1 heterocycles. The lowest BCUT2D eigenvalue weighted by atomic mass is 9.95. The van der Waals surface area contributed by atoms with Crippen LogP contribution in [0.3, 0.4) is 0 Å². The smallest absolute Gasteiger partial charge is 0.410 e. The van der Waals surface area contributed by atoms with E-state index in [1.807, 2.05) is 25.7 Å². The van der Waals surface area contributed by atoms with E-state index in [9.17, 15) is 4.79 Å². The Balaban J connectivity index is 1.66. The summed E-state index contributed by atoms with van der Waals surface area (Å²) < 4.78 is 5.43. The maximum absolute atomic E-state index is 12.0. The first-order valence-electron chi connectivity index (χ1n) is 8.30. The summed E-state index contributed by atoms with van der Waals surface area (Å²) >= 11 is 0. The molecule has 1 aliphatic heterocycles. The van der Waals surface area contributed by atoms with Crippen LogP contribution >= 0.6 is 0 Å². The van der Waals surface area contributed by atoms with Gasteiger partial charge in [-0.15, -0.1) is 0 Å². The lowest BCUT2D eigenvalue weighted by Gasteiger charge is -2.34. The third-order valence-electron chi connectivity index (χ3n) is 4.23. The molecule has 0 saturated carbocycles. The van der Waals surface area contributed by atoms with Gasteiger partial charge < -0.3 is 15.0 Å². The fraction of sp³-hybridized carbons (Fsp3) is 0.824. The standard InChI is InChI=1S/C17H30N2O2/c1-17(2,3)21-16(20)19-11-9-14(10-12-19)13-18-15-7-5-4-6-8-15/h4-5,14-15,18H,6-13H2,1-3H3. The van der Waals surface area contributed by atoms with Gasteiger partial charge in [-0.25, -0.2) is 4.79 Å². The number of piperidine rings is 1. The van der Waals surface area contributed by atoms with Crippen molar-refractivity contribution in [1.82, 2.24) is 10.2 Å². The highest BCUT2D eigenvalue weighted by atomic mass is 16.6. The van der Waals surface area contributed by atoms with E-state index in [1.165, 1.54) is 12.8 Å². The second-order valence-electron chi connectivity index (χ2n) is 7.30. The van der Waals surface area contributed by atoms with E-state index < -0.39 is 5.60 Å². The Kier molecular flexibility index (Phi) is 5.68. The summed E-state index contributed by atoms with van der Waals surface area (Å²) in [5.41, 5.74) is -0.399. The molecule has 4 heteroatoms. The topological polar surface area (TPSA) is 41.6 Å². The molecule has 0 aromatic heterocycles. The number of rotatable bonds is 3. The summed E-state index contributed by atoms with van der Waals surface area (Å²) in [6.07, 6.45) is 10.2. The van der Waals surface area contributed by atoms with Gasteiger partial charge in [-0.1, -0.05) is 12.2 Å². The number of carbonyl (C=O) groups is 1. The quantitative estimate of drug-likeness (QED) is 0.812. The Labute approximate surface area is 128 Å². The second kappa shape index (κ2) is 7.30. The fourth-order valence-electron chi connectivity index (χ4n) is 2.96. The van der Waals surface area contributed by atoms with Gasteiger partial charge in [0.1, 0.15) is 5.60 Å². The maximum atomic E-state index is 12.0. The van der Waals surface area contributed by atoms with Crippen LogP contribution in [0, 0.1) is 5.92 Å². The van der Waals surface area contributed by atoms with Crippen LogP contribution in [0.4, 0.5) is 4.79 Å². The molecular formula is C17H30N2O2. The number of carbonyl (C=O) groups excluding carboxylic acids is 1. The van der Waals surface area contributed by atoms with Gasteiger partial charge in [-0.3, -0.25) is 0 Å².